The monoisotopic (exact) mass is 456 g/mol. The quantitative estimate of drug-likeness (QED) is 0.390. The molecule has 2 amide bonds. The van der Waals surface area contributed by atoms with Crippen LogP contribution in [0.4, 0.5) is 5.69 Å². The molecule has 0 aliphatic heterocycles. The molecular formula is C28H28N2O4. The highest BCUT2D eigenvalue weighted by Crippen LogP contribution is 2.23. The zero-order valence-electron chi connectivity index (χ0n) is 19.8. The van der Waals surface area contributed by atoms with E-state index in [0.29, 0.717) is 5.76 Å². The second-order valence-corrected chi connectivity index (χ2v) is 8.55. The summed E-state index contributed by atoms with van der Waals surface area (Å²) >= 11 is 0. The van der Waals surface area contributed by atoms with Gasteiger partial charge in [-0.05, 0) is 66.9 Å². The molecule has 6 heteroatoms. The molecular weight excluding hydrogens is 428 g/mol. The summed E-state index contributed by atoms with van der Waals surface area (Å²) in [4.78, 5) is 26.6. The molecule has 0 fully saturated rings. The standard InChI is InChI=1S/C28H28N2O4/c1-18-13-19(2)27(20(3)14-18)29-26(31)16-30(4)28(32)25-12-11-24(34-25)17-33-23-10-9-21-7-5-6-8-22(21)15-23/h5-15H,16-17H2,1-4H3,(H,29,31). The lowest BCUT2D eigenvalue weighted by atomic mass is 10.1. The number of carbonyl (C=O) groups excluding carboxylic acids is 2. The van der Waals surface area contributed by atoms with Gasteiger partial charge in [-0.1, -0.05) is 48.0 Å². The minimum Gasteiger partial charge on any atom is -0.486 e. The Morgan fingerprint density at radius 1 is 0.912 bits per heavy atom. The number of furan rings is 1. The minimum atomic E-state index is -0.371. The van der Waals surface area contributed by atoms with Gasteiger partial charge in [0.2, 0.25) is 5.91 Å². The van der Waals surface area contributed by atoms with Crippen molar-refractivity contribution in [3.63, 3.8) is 0 Å². The van der Waals surface area contributed by atoms with Crippen LogP contribution in [0, 0.1) is 20.8 Å². The summed E-state index contributed by atoms with van der Waals surface area (Å²) in [7, 11) is 1.57. The lowest BCUT2D eigenvalue weighted by molar-refractivity contribution is -0.116. The number of carbonyl (C=O) groups is 2. The predicted molar refractivity (Wildman–Crippen MR) is 133 cm³/mol. The summed E-state index contributed by atoms with van der Waals surface area (Å²) in [5, 5.41) is 5.14. The van der Waals surface area contributed by atoms with Crippen LogP contribution < -0.4 is 10.1 Å². The smallest absolute Gasteiger partial charge is 0.289 e. The number of benzene rings is 3. The summed E-state index contributed by atoms with van der Waals surface area (Å²) in [6.45, 7) is 6.03. The van der Waals surface area contributed by atoms with Crippen LogP contribution >= 0.6 is 0 Å². The first-order valence-corrected chi connectivity index (χ1v) is 11.1. The van der Waals surface area contributed by atoms with E-state index >= 15 is 0 Å². The molecule has 0 spiro atoms. The van der Waals surface area contributed by atoms with Crippen molar-refractivity contribution >= 4 is 28.3 Å². The molecule has 34 heavy (non-hydrogen) atoms. The number of nitrogens with one attached hydrogen (secondary N) is 1. The highest BCUT2D eigenvalue weighted by molar-refractivity contribution is 5.98. The molecule has 0 aliphatic carbocycles. The first-order valence-electron chi connectivity index (χ1n) is 11.1. The third-order valence-electron chi connectivity index (χ3n) is 5.64. The third-order valence-corrected chi connectivity index (χ3v) is 5.64. The van der Waals surface area contributed by atoms with Crippen molar-refractivity contribution in [3.05, 3.63) is 94.9 Å². The molecule has 0 saturated heterocycles. The highest BCUT2D eigenvalue weighted by atomic mass is 16.5. The van der Waals surface area contributed by atoms with Crippen molar-refractivity contribution in [2.75, 3.05) is 18.9 Å². The Hall–Kier alpha value is -4.06. The van der Waals surface area contributed by atoms with E-state index in [9.17, 15) is 9.59 Å². The first kappa shape index (κ1) is 23.1. The number of ether oxygens (including phenoxy) is 1. The van der Waals surface area contributed by atoms with E-state index in [1.54, 1.807) is 19.2 Å². The fourth-order valence-corrected chi connectivity index (χ4v) is 4.01. The van der Waals surface area contributed by atoms with Crippen LogP contribution in [-0.4, -0.2) is 30.3 Å². The van der Waals surface area contributed by atoms with Gasteiger partial charge in [-0.15, -0.1) is 0 Å². The average molecular weight is 457 g/mol. The molecule has 1 N–H and O–H groups in total. The summed E-state index contributed by atoms with van der Waals surface area (Å²) in [6.07, 6.45) is 0. The van der Waals surface area contributed by atoms with Gasteiger partial charge in [0.1, 0.15) is 18.1 Å². The Bertz CT molecular complexity index is 1330. The van der Waals surface area contributed by atoms with Gasteiger partial charge in [-0.3, -0.25) is 9.59 Å². The lowest BCUT2D eigenvalue weighted by Gasteiger charge is -2.17. The Kier molecular flexibility index (Phi) is 6.68. The minimum absolute atomic E-state index is 0.0881. The van der Waals surface area contributed by atoms with E-state index < -0.39 is 0 Å². The second-order valence-electron chi connectivity index (χ2n) is 8.55. The van der Waals surface area contributed by atoms with Gasteiger partial charge in [-0.25, -0.2) is 0 Å². The number of fused-ring (bicyclic) bond motifs is 1. The number of likely N-dealkylation sites (N-methyl/N-ethyl adjacent to an activating group) is 1. The Morgan fingerprint density at radius 2 is 1.62 bits per heavy atom. The van der Waals surface area contributed by atoms with Crippen molar-refractivity contribution in [3.8, 4) is 5.75 Å². The zero-order chi connectivity index (χ0) is 24.2. The van der Waals surface area contributed by atoms with E-state index in [1.807, 2.05) is 75.4 Å². The Labute approximate surface area is 199 Å². The van der Waals surface area contributed by atoms with Crippen LogP contribution in [0.15, 0.2) is 71.1 Å². The first-order chi connectivity index (χ1) is 16.3. The highest BCUT2D eigenvalue weighted by Gasteiger charge is 2.19. The molecule has 3 aromatic carbocycles. The largest absolute Gasteiger partial charge is 0.486 e. The van der Waals surface area contributed by atoms with Gasteiger partial charge in [0.25, 0.3) is 5.91 Å². The summed E-state index contributed by atoms with van der Waals surface area (Å²) in [5.41, 5.74) is 3.89. The maximum atomic E-state index is 12.8. The molecule has 6 nitrogen and oxygen atoms in total. The molecule has 0 saturated carbocycles. The van der Waals surface area contributed by atoms with Crippen LogP contribution in [-0.2, 0) is 11.4 Å². The number of aryl methyl sites for hydroxylation is 3. The normalized spacial score (nSPS) is 10.8. The average Bonchev–Trinajstić information content (AvgIpc) is 3.28. The molecule has 1 heterocycles. The number of hydrogen-bond acceptors (Lipinski definition) is 4. The van der Waals surface area contributed by atoms with Crippen molar-refractivity contribution in [2.45, 2.75) is 27.4 Å². The number of nitrogens with zero attached hydrogens (tertiary/aromatic N) is 1. The molecule has 4 rings (SSSR count). The van der Waals surface area contributed by atoms with Crippen molar-refractivity contribution in [1.82, 2.24) is 4.90 Å². The van der Waals surface area contributed by atoms with E-state index in [0.717, 1.165) is 38.9 Å². The van der Waals surface area contributed by atoms with Crippen LogP contribution in [0.2, 0.25) is 0 Å². The fourth-order valence-electron chi connectivity index (χ4n) is 4.01. The predicted octanol–water partition coefficient (Wildman–Crippen LogP) is 5.65. The maximum absolute atomic E-state index is 12.8. The number of anilines is 1. The van der Waals surface area contributed by atoms with Crippen molar-refractivity contribution in [1.29, 1.82) is 0 Å². The second kappa shape index (κ2) is 9.83. The van der Waals surface area contributed by atoms with E-state index in [-0.39, 0.29) is 30.7 Å². The lowest BCUT2D eigenvalue weighted by Crippen LogP contribution is -2.35. The van der Waals surface area contributed by atoms with E-state index in [1.165, 1.54) is 4.90 Å². The van der Waals surface area contributed by atoms with Crippen LogP contribution in [0.5, 0.6) is 5.75 Å². The van der Waals surface area contributed by atoms with Crippen LogP contribution in [0.25, 0.3) is 10.8 Å². The number of hydrogen-bond donors (Lipinski definition) is 1. The van der Waals surface area contributed by atoms with Crippen molar-refractivity contribution < 1.29 is 18.7 Å². The summed E-state index contributed by atoms with van der Waals surface area (Å²) in [6, 6.07) is 21.3. The zero-order valence-corrected chi connectivity index (χ0v) is 19.8. The van der Waals surface area contributed by atoms with Gasteiger partial charge >= 0.3 is 0 Å². The molecule has 1 aromatic heterocycles. The van der Waals surface area contributed by atoms with E-state index in [4.69, 9.17) is 9.15 Å². The number of rotatable bonds is 7. The topological polar surface area (TPSA) is 71.8 Å². The van der Waals surface area contributed by atoms with Crippen molar-refractivity contribution in [2.24, 2.45) is 0 Å². The molecule has 174 valence electrons. The third kappa shape index (κ3) is 5.29. The molecule has 0 aliphatic rings. The van der Waals surface area contributed by atoms with Crippen LogP contribution in [0.3, 0.4) is 0 Å². The van der Waals surface area contributed by atoms with Crippen LogP contribution in [0.1, 0.15) is 33.0 Å². The van der Waals surface area contributed by atoms with Gasteiger partial charge in [0.15, 0.2) is 5.76 Å². The van der Waals surface area contributed by atoms with Gasteiger partial charge in [-0.2, -0.15) is 0 Å². The van der Waals surface area contributed by atoms with E-state index in [2.05, 4.69) is 5.32 Å². The molecule has 0 atom stereocenters. The molecule has 0 unspecified atom stereocenters. The maximum Gasteiger partial charge on any atom is 0.289 e. The Balaban J connectivity index is 1.34. The Morgan fingerprint density at radius 3 is 2.35 bits per heavy atom. The SMILES string of the molecule is Cc1cc(C)c(NC(=O)CN(C)C(=O)c2ccc(COc3ccc4ccccc4c3)o2)c(C)c1. The van der Waals surface area contributed by atoms with Gasteiger partial charge < -0.3 is 19.4 Å². The van der Waals surface area contributed by atoms with Gasteiger partial charge in [0, 0.05) is 12.7 Å². The number of amides is 2. The fraction of sp³-hybridized carbons (Fsp3) is 0.214. The molecule has 4 aromatic rings. The summed E-state index contributed by atoms with van der Waals surface area (Å²) in [5.74, 6) is 0.774. The molecule has 0 bridgehead atoms. The summed E-state index contributed by atoms with van der Waals surface area (Å²) < 4.78 is 11.5. The van der Waals surface area contributed by atoms with Gasteiger partial charge in [0.05, 0.1) is 6.54 Å². The molecule has 0 radical (unpaired) electrons.